The van der Waals surface area contributed by atoms with Crippen LogP contribution in [0.15, 0.2) is 48.5 Å². The van der Waals surface area contributed by atoms with Crippen LogP contribution in [-0.4, -0.2) is 26.1 Å². The van der Waals surface area contributed by atoms with Gasteiger partial charge in [0.25, 0.3) is 0 Å². The molecule has 0 saturated carbocycles. The second kappa shape index (κ2) is 9.77. The zero-order chi connectivity index (χ0) is 18.4. The lowest BCUT2D eigenvalue weighted by Crippen LogP contribution is -2.49. The maximum Gasteiger partial charge on any atom is 0.234 e. The molecule has 1 amide bonds. The topological polar surface area (TPSA) is 50.4 Å². The Morgan fingerprint density at radius 2 is 1.70 bits per heavy atom. The molecule has 2 N–H and O–H groups in total. The smallest absolute Gasteiger partial charge is 0.234 e. The van der Waals surface area contributed by atoms with Crippen LogP contribution in [0, 0.1) is 0 Å². The van der Waals surface area contributed by atoms with Gasteiger partial charge in [-0.3, -0.25) is 4.79 Å². The maximum atomic E-state index is 12.4. The molecule has 3 rings (SSSR count). The van der Waals surface area contributed by atoms with Gasteiger partial charge in [-0.2, -0.15) is 0 Å². The summed E-state index contributed by atoms with van der Waals surface area (Å²) in [6, 6.07) is 16.6. The van der Waals surface area contributed by atoms with Crippen molar-refractivity contribution in [1.29, 1.82) is 0 Å². The predicted molar refractivity (Wildman–Crippen MR) is 112 cm³/mol. The average Bonchev–Trinajstić information content (AvgIpc) is 3.01. The number of likely N-dealkylation sites (N-methyl/N-ethyl adjacent to an activating group) is 1. The van der Waals surface area contributed by atoms with E-state index in [1.807, 2.05) is 12.1 Å². The number of hydrogen-bond donors (Lipinski definition) is 2. The van der Waals surface area contributed by atoms with Gasteiger partial charge in [0.1, 0.15) is 5.75 Å². The van der Waals surface area contributed by atoms with Gasteiger partial charge in [-0.15, -0.1) is 12.4 Å². The number of carbonyl (C=O) groups excluding carboxylic acids is 1. The molecule has 0 aromatic heterocycles. The first-order valence-electron chi connectivity index (χ1n) is 9.42. The molecule has 0 unspecified atom stereocenters. The molecule has 0 atom stereocenters. The summed E-state index contributed by atoms with van der Waals surface area (Å²) in [4.78, 5) is 12.4. The van der Waals surface area contributed by atoms with Crippen LogP contribution < -0.4 is 15.4 Å². The Morgan fingerprint density at radius 1 is 1.07 bits per heavy atom. The van der Waals surface area contributed by atoms with Crippen molar-refractivity contribution >= 4 is 18.3 Å². The van der Waals surface area contributed by atoms with Gasteiger partial charge < -0.3 is 15.4 Å². The maximum absolute atomic E-state index is 12.4. The normalized spacial score (nSPS) is 14.1. The fraction of sp³-hybridized carbons (Fsp3) is 0.409. The molecule has 1 aliphatic carbocycles. The summed E-state index contributed by atoms with van der Waals surface area (Å²) in [6.45, 7) is 3.21. The summed E-state index contributed by atoms with van der Waals surface area (Å²) in [7, 11) is 1.79. The van der Waals surface area contributed by atoms with Crippen LogP contribution in [0.3, 0.4) is 0 Å². The first-order chi connectivity index (χ1) is 12.7. The molecule has 5 heteroatoms. The van der Waals surface area contributed by atoms with Gasteiger partial charge in [-0.1, -0.05) is 49.7 Å². The summed E-state index contributed by atoms with van der Waals surface area (Å²) in [5.74, 6) is 0.901. The number of halogens is 1. The monoisotopic (exact) mass is 388 g/mol. The van der Waals surface area contributed by atoms with E-state index in [2.05, 4.69) is 54.0 Å². The van der Waals surface area contributed by atoms with Crippen LogP contribution in [0.1, 0.15) is 36.5 Å². The number of nitrogens with one attached hydrogen (secondary N) is 2. The van der Waals surface area contributed by atoms with Crippen LogP contribution in [0.5, 0.6) is 5.75 Å². The molecular weight excluding hydrogens is 360 g/mol. The average molecular weight is 389 g/mol. The van der Waals surface area contributed by atoms with Gasteiger partial charge in [-0.25, -0.2) is 0 Å². The Balaban J connectivity index is 0.00000261. The van der Waals surface area contributed by atoms with Crippen LogP contribution in [0.4, 0.5) is 0 Å². The molecule has 0 aliphatic heterocycles. The van der Waals surface area contributed by atoms with Gasteiger partial charge in [0, 0.05) is 12.8 Å². The van der Waals surface area contributed by atoms with Crippen molar-refractivity contribution in [2.75, 3.05) is 20.2 Å². The second-order valence-electron chi connectivity index (χ2n) is 7.01. The Bertz CT molecular complexity index is 721. The molecule has 27 heavy (non-hydrogen) atoms. The fourth-order valence-electron chi connectivity index (χ4n) is 3.66. The number of fused-ring (bicyclic) bond motifs is 1. The Morgan fingerprint density at radius 3 is 2.26 bits per heavy atom. The fourth-order valence-corrected chi connectivity index (χ4v) is 3.66. The van der Waals surface area contributed by atoms with Gasteiger partial charge in [0.15, 0.2) is 0 Å². The number of carbonyl (C=O) groups is 1. The summed E-state index contributed by atoms with van der Waals surface area (Å²) < 4.78 is 5.78. The first kappa shape index (κ1) is 21.3. The van der Waals surface area contributed by atoms with E-state index in [0.717, 1.165) is 43.6 Å². The van der Waals surface area contributed by atoms with Crippen molar-refractivity contribution in [3.63, 3.8) is 0 Å². The molecule has 0 saturated heterocycles. The Labute approximate surface area is 168 Å². The summed E-state index contributed by atoms with van der Waals surface area (Å²) >= 11 is 0. The molecule has 0 spiro atoms. The molecule has 0 bridgehead atoms. The minimum atomic E-state index is -0.389. The molecule has 1 aliphatic rings. The van der Waals surface area contributed by atoms with E-state index < -0.39 is 0 Å². The zero-order valence-corrected chi connectivity index (χ0v) is 16.9. The van der Waals surface area contributed by atoms with E-state index in [-0.39, 0.29) is 23.9 Å². The third-order valence-electron chi connectivity index (χ3n) is 4.99. The van der Waals surface area contributed by atoms with E-state index in [0.29, 0.717) is 6.54 Å². The van der Waals surface area contributed by atoms with Gasteiger partial charge in [-0.05, 0) is 42.3 Å². The molecule has 0 heterocycles. The molecule has 0 radical (unpaired) electrons. The molecule has 2 aromatic carbocycles. The van der Waals surface area contributed by atoms with Crippen LogP contribution in [-0.2, 0) is 23.2 Å². The van der Waals surface area contributed by atoms with E-state index in [4.69, 9.17) is 4.74 Å². The van der Waals surface area contributed by atoms with Gasteiger partial charge >= 0.3 is 0 Å². The highest BCUT2D eigenvalue weighted by Crippen LogP contribution is 2.38. The van der Waals surface area contributed by atoms with Crippen molar-refractivity contribution in [1.82, 2.24) is 10.6 Å². The van der Waals surface area contributed by atoms with E-state index >= 15 is 0 Å². The Kier molecular flexibility index (Phi) is 7.69. The number of ether oxygens (including phenoxy) is 1. The lowest BCUT2D eigenvalue weighted by Gasteiger charge is -2.31. The molecule has 4 nitrogen and oxygen atoms in total. The lowest BCUT2D eigenvalue weighted by atomic mass is 9.86. The number of amides is 1. The van der Waals surface area contributed by atoms with Crippen LogP contribution in [0.25, 0.3) is 0 Å². The number of unbranched alkanes of at least 4 members (excludes halogenated alkanes) is 1. The summed E-state index contributed by atoms with van der Waals surface area (Å²) in [6.07, 6.45) is 3.81. The van der Waals surface area contributed by atoms with Crippen molar-refractivity contribution in [3.8, 4) is 5.75 Å². The highest BCUT2D eigenvalue weighted by molar-refractivity contribution is 5.85. The van der Waals surface area contributed by atoms with Gasteiger partial charge in [0.05, 0.1) is 18.7 Å². The van der Waals surface area contributed by atoms with E-state index in [9.17, 15) is 4.79 Å². The molecular formula is C22H29ClN2O2. The van der Waals surface area contributed by atoms with Crippen molar-refractivity contribution in [2.24, 2.45) is 0 Å². The molecule has 2 aromatic rings. The zero-order valence-electron chi connectivity index (χ0n) is 16.1. The first-order valence-corrected chi connectivity index (χ1v) is 9.42. The number of benzene rings is 2. The highest BCUT2D eigenvalue weighted by Gasteiger charge is 2.39. The van der Waals surface area contributed by atoms with E-state index in [1.54, 1.807) is 7.05 Å². The quantitative estimate of drug-likeness (QED) is 0.679. The molecule has 0 fully saturated rings. The van der Waals surface area contributed by atoms with Crippen molar-refractivity contribution in [2.45, 2.75) is 38.1 Å². The minimum absolute atomic E-state index is 0. The second-order valence-corrected chi connectivity index (χ2v) is 7.01. The minimum Gasteiger partial charge on any atom is -0.494 e. The van der Waals surface area contributed by atoms with Crippen LogP contribution in [0.2, 0.25) is 0 Å². The van der Waals surface area contributed by atoms with E-state index in [1.165, 1.54) is 11.1 Å². The van der Waals surface area contributed by atoms with Gasteiger partial charge in [0.2, 0.25) is 5.91 Å². The highest BCUT2D eigenvalue weighted by atomic mass is 35.5. The summed E-state index contributed by atoms with van der Waals surface area (Å²) in [5, 5.41) is 6.22. The van der Waals surface area contributed by atoms with Crippen molar-refractivity contribution in [3.05, 3.63) is 65.2 Å². The van der Waals surface area contributed by atoms with Crippen molar-refractivity contribution < 1.29 is 9.53 Å². The third-order valence-corrected chi connectivity index (χ3v) is 4.99. The van der Waals surface area contributed by atoms with Crippen LogP contribution >= 0.6 is 12.4 Å². The standard InChI is InChI=1S/C22H28N2O2.ClH/c1-3-4-13-26-20-11-9-19(10-12-20)22(24-21(25)16-23-2)14-17-7-5-6-8-18(17)15-22;/h5-12,23H,3-4,13-16H2,1-2H3,(H,24,25);1H. The largest absolute Gasteiger partial charge is 0.494 e. The SMILES string of the molecule is CCCCOc1ccc(C2(NC(=O)CNC)Cc3ccccc3C2)cc1.Cl. The number of hydrogen-bond acceptors (Lipinski definition) is 3. The third kappa shape index (κ3) is 5.02. The lowest BCUT2D eigenvalue weighted by molar-refractivity contribution is -0.122. The molecule has 146 valence electrons. The Hall–Kier alpha value is -2.04. The predicted octanol–water partition coefficient (Wildman–Crippen LogP) is 3.62. The summed E-state index contributed by atoms with van der Waals surface area (Å²) in [5.41, 5.74) is 3.35. The number of rotatable bonds is 8.